The highest BCUT2D eigenvalue weighted by Crippen LogP contribution is 2.44. The summed E-state index contributed by atoms with van der Waals surface area (Å²) in [5, 5.41) is 11.3. The molecule has 3 rings (SSSR count). The second-order valence-electron chi connectivity index (χ2n) is 7.48. The van der Waals surface area contributed by atoms with Gasteiger partial charge in [0.15, 0.2) is 14.7 Å². The first-order valence-electron chi connectivity index (χ1n) is 9.37. The van der Waals surface area contributed by atoms with Crippen molar-refractivity contribution in [1.82, 2.24) is 5.32 Å². The summed E-state index contributed by atoms with van der Waals surface area (Å²) < 4.78 is 67.6. The number of amides is 1. The van der Waals surface area contributed by atoms with E-state index in [0.29, 0.717) is 18.2 Å². The van der Waals surface area contributed by atoms with Crippen LogP contribution in [0.5, 0.6) is 0 Å². The second-order valence-corrected chi connectivity index (χ2v) is 9.70. The number of hydrogen-bond donors (Lipinski definition) is 2. The quantitative estimate of drug-likeness (QED) is 0.710. The first kappa shape index (κ1) is 22.8. The lowest BCUT2D eigenvalue weighted by Gasteiger charge is -2.39. The number of carboxylic acid groups (broad SMARTS) is 1. The van der Waals surface area contributed by atoms with Crippen molar-refractivity contribution < 1.29 is 36.3 Å². The van der Waals surface area contributed by atoms with E-state index in [0.717, 1.165) is 12.2 Å². The van der Waals surface area contributed by atoms with Gasteiger partial charge in [-0.15, -0.1) is 0 Å². The van der Waals surface area contributed by atoms with Gasteiger partial charge in [0, 0.05) is 17.4 Å². The Morgan fingerprint density at radius 3 is 2.29 bits per heavy atom. The number of carbonyl (C=O) groups is 2. The smallest absolute Gasteiger partial charge is 0.398 e. The van der Waals surface area contributed by atoms with Gasteiger partial charge in [0.1, 0.15) is 5.92 Å². The van der Waals surface area contributed by atoms with E-state index in [9.17, 15) is 36.3 Å². The Morgan fingerprint density at radius 1 is 1.13 bits per heavy atom. The van der Waals surface area contributed by atoms with E-state index in [1.165, 1.54) is 6.08 Å². The van der Waals surface area contributed by atoms with E-state index >= 15 is 0 Å². The van der Waals surface area contributed by atoms with Gasteiger partial charge in [-0.2, -0.15) is 13.2 Å². The van der Waals surface area contributed by atoms with E-state index in [1.807, 2.05) is 5.32 Å². The number of allylic oxidation sites excluding steroid dienone is 2. The third kappa shape index (κ3) is 4.30. The van der Waals surface area contributed by atoms with E-state index in [2.05, 4.69) is 0 Å². The molecule has 1 aromatic rings. The molecule has 0 fully saturated rings. The standard InChI is InChI=1S/C21H20F3NO5S/c1-31(29,30)20(25-18(26)15-8-5-9-16(15)19(27)28)11-10-14(12-17(20)21(22,23)24)13-6-3-2-4-7-13/h2-4,6-7,10-12,17H,5,8-9H2,1H3,(H,25,26)(H,27,28). The number of nitrogens with one attached hydrogen (secondary N) is 1. The van der Waals surface area contributed by atoms with Crippen LogP contribution < -0.4 is 5.32 Å². The highest BCUT2D eigenvalue weighted by atomic mass is 32.2. The van der Waals surface area contributed by atoms with Crippen LogP contribution in [0, 0.1) is 5.92 Å². The second kappa shape index (κ2) is 7.99. The molecule has 2 N–H and O–H groups in total. The van der Waals surface area contributed by atoms with Crippen LogP contribution in [0.2, 0.25) is 0 Å². The molecule has 2 aliphatic carbocycles. The molecule has 0 aliphatic heterocycles. The Hall–Kier alpha value is -2.88. The summed E-state index contributed by atoms with van der Waals surface area (Å²) in [4.78, 5) is 21.3. The van der Waals surface area contributed by atoms with E-state index < -0.39 is 38.7 Å². The maximum Gasteiger partial charge on any atom is 0.398 e. The van der Waals surface area contributed by atoms with Gasteiger partial charge in [-0.05, 0) is 36.5 Å². The Bertz CT molecular complexity index is 1100. The molecule has 2 aliphatic rings. The number of halogens is 3. The van der Waals surface area contributed by atoms with Gasteiger partial charge >= 0.3 is 12.1 Å². The van der Waals surface area contributed by atoms with Crippen molar-refractivity contribution in [3.05, 3.63) is 65.3 Å². The maximum absolute atomic E-state index is 14.1. The van der Waals surface area contributed by atoms with Crippen molar-refractivity contribution in [2.24, 2.45) is 5.92 Å². The molecular formula is C21H20F3NO5S. The average molecular weight is 455 g/mol. The van der Waals surface area contributed by atoms with Gasteiger partial charge in [-0.25, -0.2) is 13.2 Å². The fraction of sp³-hybridized carbons (Fsp3) is 0.333. The Labute approximate surface area is 177 Å². The molecule has 0 saturated heterocycles. The Balaban J connectivity index is 2.11. The van der Waals surface area contributed by atoms with Gasteiger partial charge in [-0.3, -0.25) is 4.79 Å². The highest BCUT2D eigenvalue weighted by molar-refractivity contribution is 7.92. The molecule has 10 heteroatoms. The van der Waals surface area contributed by atoms with Crippen LogP contribution >= 0.6 is 0 Å². The maximum atomic E-state index is 14.1. The molecular weight excluding hydrogens is 435 g/mol. The predicted octanol–water partition coefficient (Wildman–Crippen LogP) is 3.24. The summed E-state index contributed by atoms with van der Waals surface area (Å²) in [5.74, 6) is -5.06. The number of rotatable bonds is 5. The lowest BCUT2D eigenvalue weighted by atomic mass is 9.87. The summed E-state index contributed by atoms with van der Waals surface area (Å²) in [6, 6.07) is 8.12. The SMILES string of the molecule is CS(=O)(=O)C1(NC(=O)C2=C(C(=O)O)CCC2)C=CC(c2ccccc2)=CC1C(F)(F)F. The summed E-state index contributed by atoms with van der Waals surface area (Å²) >= 11 is 0. The van der Waals surface area contributed by atoms with Crippen LogP contribution in [0.15, 0.2) is 59.7 Å². The van der Waals surface area contributed by atoms with Crippen molar-refractivity contribution in [2.45, 2.75) is 30.3 Å². The molecule has 0 aromatic heterocycles. The minimum Gasteiger partial charge on any atom is -0.478 e. The van der Waals surface area contributed by atoms with Crippen LogP contribution in [0.3, 0.4) is 0 Å². The van der Waals surface area contributed by atoms with Crippen LogP contribution in [0.1, 0.15) is 24.8 Å². The predicted molar refractivity (Wildman–Crippen MR) is 107 cm³/mol. The zero-order valence-electron chi connectivity index (χ0n) is 16.4. The van der Waals surface area contributed by atoms with Crippen LogP contribution in [-0.2, 0) is 19.4 Å². The van der Waals surface area contributed by atoms with Crippen molar-refractivity contribution >= 4 is 27.3 Å². The molecule has 0 spiro atoms. The molecule has 0 heterocycles. The molecule has 166 valence electrons. The Kier molecular flexibility index (Phi) is 5.88. The van der Waals surface area contributed by atoms with E-state index in [-0.39, 0.29) is 29.6 Å². The minimum atomic E-state index is -5.01. The van der Waals surface area contributed by atoms with Gasteiger partial charge in [-0.1, -0.05) is 42.5 Å². The van der Waals surface area contributed by atoms with E-state index in [4.69, 9.17) is 0 Å². The normalized spacial score (nSPS) is 24.1. The van der Waals surface area contributed by atoms with Crippen molar-refractivity contribution in [2.75, 3.05) is 6.26 Å². The first-order valence-corrected chi connectivity index (χ1v) is 11.3. The van der Waals surface area contributed by atoms with Gasteiger partial charge in [0.05, 0.1) is 0 Å². The molecule has 2 unspecified atom stereocenters. The molecule has 1 amide bonds. The number of aliphatic carboxylic acids is 1. The summed E-state index contributed by atoms with van der Waals surface area (Å²) in [6.45, 7) is 0. The van der Waals surface area contributed by atoms with Gasteiger partial charge in [0.2, 0.25) is 5.91 Å². The molecule has 1 aromatic carbocycles. The number of benzene rings is 1. The fourth-order valence-corrected chi connectivity index (χ4v) is 5.14. The first-order chi connectivity index (χ1) is 14.4. The topological polar surface area (TPSA) is 101 Å². The third-order valence-electron chi connectivity index (χ3n) is 5.45. The molecule has 0 radical (unpaired) electrons. The zero-order valence-corrected chi connectivity index (χ0v) is 17.3. The molecule has 2 atom stereocenters. The molecule has 6 nitrogen and oxygen atoms in total. The van der Waals surface area contributed by atoms with Gasteiger partial charge < -0.3 is 10.4 Å². The summed E-state index contributed by atoms with van der Waals surface area (Å²) in [6.07, 6.45) is -1.11. The van der Waals surface area contributed by atoms with Crippen molar-refractivity contribution in [3.63, 3.8) is 0 Å². The molecule has 31 heavy (non-hydrogen) atoms. The lowest BCUT2D eigenvalue weighted by molar-refractivity contribution is -0.169. The monoisotopic (exact) mass is 455 g/mol. The largest absolute Gasteiger partial charge is 0.478 e. The van der Waals surface area contributed by atoms with Crippen LogP contribution in [0.25, 0.3) is 5.57 Å². The van der Waals surface area contributed by atoms with Crippen LogP contribution in [-0.4, -0.2) is 42.7 Å². The number of hydrogen-bond acceptors (Lipinski definition) is 4. The van der Waals surface area contributed by atoms with Crippen molar-refractivity contribution in [1.29, 1.82) is 0 Å². The lowest BCUT2D eigenvalue weighted by Crippen LogP contribution is -2.61. The van der Waals surface area contributed by atoms with Gasteiger partial charge in [0.25, 0.3) is 0 Å². The fourth-order valence-electron chi connectivity index (χ4n) is 3.89. The number of sulfone groups is 1. The average Bonchev–Trinajstić information content (AvgIpc) is 3.17. The zero-order chi connectivity index (χ0) is 23.0. The number of carbonyl (C=O) groups excluding carboxylic acids is 1. The highest BCUT2D eigenvalue weighted by Gasteiger charge is 2.59. The molecule has 0 saturated carbocycles. The minimum absolute atomic E-state index is 0.0405. The summed E-state index contributed by atoms with van der Waals surface area (Å²) in [5.41, 5.74) is 0.184. The van der Waals surface area contributed by atoms with Crippen LogP contribution in [0.4, 0.5) is 13.2 Å². The molecule has 0 bridgehead atoms. The Morgan fingerprint density at radius 2 is 1.74 bits per heavy atom. The summed E-state index contributed by atoms with van der Waals surface area (Å²) in [7, 11) is -4.54. The van der Waals surface area contributed by atoms with E-state index in [1.54, 1.807) is 30.3 Å². The number of carboxylic acids is 1. The number of alkyl halides is 3. The van der Waals surface area contributed by atoms with Crippen molar-refractivity contribution in [3.8, 4) is 0 Å². The third-order valence-corrected chi connectivity index (χ3v) is 7.17.